The molecular formula is C10H18N4O2S. The van der Waals surface area contributed by atoms with Crippen molar-refractivity contribution in [2.75, 3.05) is 29.1 Å². The first-order valence-corrected chi connectivity index (χ1v) is 7.36. The zero-order chi connectivity index (χ0) is 12.9. The molecule has 0 atom stereocenters. The van der Waals surface area contributed by atoms with Crippen LogP contribution in [-0.4, -0.2) is 36.4 Å². The third-order valence-corrected chi connectivity index (χ3v) is 4.18. The molecular weight excluding hydrogens is 240 g/mol. The predicted octanol–water partition coefficient (Wildman–Crippen LogP) is 0.468. The van der Waals surface area contributed by atoms with Crippen LogP contribution in [0.1, 0.15) is 19.4 Å². The molecule has 0 spiro atoms. The number of nitrogen functional groups attached to an aromatic ring is 1. The van der Waals surface area contributed by atoms with Crippen molar-refractivity contribution in [3.05, 3.63) is 11.9 Å². The molecule has 1 rings (SSSR count). The normalized spacial score (nSPS) is 11.4. The van der Waals surface area contributed by atoms with E-state index in [0.29, 0.717) is 24.6 Å². The first kappa shape index (κ1) is 13.7. The number of rotatable bonds is 6. The third-order valence-electron chi connectivity index (χ3n) is 2.48. The van der Waals surface area contributed by atoms with Gasteiger partial charge >= 0.3 is 0 Å². The molecule has 0 aliphatic heterocycles. The maximum Gasteiger partial charge on any atom is 0.151 e. The van der Waals surface area contributed by atoms with E-state index in [9.17, 15) is 8.42 Å². The van der Waals surface area contributed by atoms with E-state index >= 15 is 0 Å². The molecule has 3 N–H and O–H groups in total. The standard InChI is InChI=1S/C10H18N4O2S/c1-3-8-9(11)13-7-14-10(8)12-5-6-17(15,16)4-2/h7H,3-6H2,1-2H3,(H3,11,12,13,14). The maximum atomic E-state index is 11.3. The van der Waals surface area contributed by atoms with Crippen LogP contribution in [0.2, 0.25) is 0 Å². The van der Waals surface area contributed by atoms with Gasteiger partial charge in [0.2, 0.25) is 0 Å². The number of hydrogen-bond acceptors (Lipinski definition) is 6. The van der Waals surface area contributed by atoms with Crippen LogP contribution in [0.4, 0.5) is 11.6 Å². The van der Waals surface area contributed by atoms with E-state index in [1.807, 2.05) is 6.92 Å². The summed E-state index contributed by atoms with van der Waals surface area (Å²) in [4.78, 5) is 7.95. The highest BCUT2D eigenvalue weighted by Gasteiger charge is 2.09. The molecule has 1 aromatic heterocycles. The van der Waals surface area contributed by atoms with Crippen molar-refractivity contribution in [3.63, 3.8) is 0 Å². The minimum atomic E-state index is -2.96. The van der Waals surface area contributed by atoms with Gasteiger partial charge in [-0.3, -0.25) is 0 Å². The van der Waals surface area contributed by atoms with Gasteiger partial charge in [0.15, 0.2) is 9.84 Å². The molecule has 0 fully saturated rings. The van der Waals surface area contributed by atoms with Gasteiger partial charge in [0.05, 0.1) is 5.75 Å². The first-order valence-electron chi connectivity index (χ1n) is 5.53. The lowest BCUT2D eigenvalue weighted by atomic mass is 10.2. The molecule has 0 aliphatic rings. The van der Waals surface area contributed by atoms with Gasteiger partial charge in [0.25, 0.3) is 0 Å². The molecule has 96 valence electrons. The fourth-order valence-corrected chi connectivity index (χ4v) is 2.10. The third kappa shape index (κ3) is 3.85. The Bertz CT molecular complexity index is 473. The lowest BCUT2D eigenvalue weighted by Crippen LogP contribution is -2.18. The molecule has 1 heterocycles. The van der Waals surface area contributed by atoms with Gasteiger partial charge in [0, 0.05) is 17.9 Å². The number of anilines is 2. The van der Waals surface area contributed by atoms with Crippen LogP contribution >= 0.6 is 0 Å². The van der Waals surface area contributed by atoms with Crippen LogP contribution < -0.4 is 11.1 Å². The second kappa shape index (κ2) is 5.81. The van der Waals surface area contributed by atoms with Crippen molar-refractivity contribution in [2.24, 2.45) is 0 Å². The van der Waals surface area contributed by atoms with Gasteiger partial charge in [-0.05, 0) is 6.42 Å². The largest absolute Gasteiger partial charge is 0.383 e. The fraction of sp³-hybridized carbons (Fsp3) is 0.600. The van der Waals surface area contributed by atoms with Gasteiger partial charge in [-0.1, -0.05) is 13.8 Å². The van der Waals surface area contributed by atoms with Crippen LogP contribution in [0, 0.1) is 0 Å². The zero-order valence-electron chi connectivity index (χ0n) is 10.1. The van der Waals surface area contributed by atoms with Crippen LogP contribution in [0.25, 0.3) is 0 Å². The topological polar surface area (TPSA) is 98.0 Å². The monoisotopic (exact) mass is 258 g/mol. The van der Waals surface area contributed by atoms with E-state index < -0.39 is 9.84 Å². The minimum absolute atomic E-state index is 0.0938. The smallest absolute Gasteiger partial charge is 0.151 e. The summed E-state index contributed by atoms with van der Waals surface area (Å²) in [5.41, 5.74) is 6.53. The Hall–Kier alpha value is -1.37. The Morgan fingerprint density at radius 3 is 2.65 bits per heavy atom. The van der Waals surface area contributed by atoms with Crippen molar-refractivity contribution >= 4 is 21.5 Å². The molecule has 6 nitrogen and oxygen atoms in total. The molecule has 0 bridgehead atoms. The van der Waals surface area contributed by atoms with E-state index in [2.05, 4.69) is 15.3 Å². The Labute approximate surface area is 102 Å². The van der Waals surface area contributed by atoms with Crippen molar-refractivity contribution in [3.8, 4) is 0 Å². The quantitative estimate of drug-likeness (QED) is 0.769. The van der Waals surface area contributed by atoms with Crippen LogP contribution in [0.3, 0.4) is 0 Å². The molecule has 0 saturated carbocycles. The Kier molecular flexibility index (Phi) is 4.68. The van der Waals surface area contributed by atoms with Gasteiger partial charge < -0.3 is 11.1 Å². The van der Waals surface area contributed by atoms with E-state index in [1.54, 1.807) is 6.92 Å². The summed E-state index contributed by atoms with van der Waals surface area (Å²) in [6.07, 6.45) is 2.07. The number of nitrogens with two attached hydrogens (primary N) is 1. The van der Waals surface area contributed by atoms with E-state index in [0.717, 1.165) is 5.56 Å². The lowest BCUT2D eigenvalue weighted by molar-refractivity contribution is 0.597. The van der Waals surface area contributed by atoms with E-state index in [4.69, 9.17) is 5.73 Å². The van der Waals surface area contributed by atoms with Crippen molar-refractivity contribution < 1.29 is 8.42 Å². The summed E-state index contributed by atoms with van der Waals surface area (Å²) < 4.78 is 22.6. The van der Waals surface area contributed by atoms with Crippen LogP contribution in [0.5, 0.6) is 0 Å². The van der Waals surface area contributed by atoms with Gasteiger partial charge in [0.1, 0.15) is 18.0 Å². The molecule has 7 heteroatoms. The Morgan fingerprint density at radius 1 is 1.35 bits per heavy atom. The summed E-state index contributed by atoms with van der Waals surface area (Å²) in [6.45, 7) is 3.91. The zero-order valence-corrected chi connectivity index (χ0v) is 10.9. The molecule has 0 aromatic carbocycles. The number of nitrogens with one attached hydrogen (secondary N) is 1. The number of aromatic nitrogens is 2. The molecule has 0 saturated heterocycles. The van der Waals surface area contributed by atoms with Crippen molar-refractivity contribution in [1.29, 1.82) is 0 Å². The Morgan fingerprint density at radius 2 is 2.06 bits per heavy atom. The molecule has 0 amide bonds. The number of nitrogens with zero attached hydrogens (tertiary/aromatic N) is 2. The minimum Gasteiger partial charge on any atom is -0.383 e. The number of sulfone groups is 1. The van der Waals surface area contributed by atoms with E-state index in [-0.39, 0.29) is 11.5 Å². The van der Waals surface area contributed by atoms with Gasteiger partial charge in [-0.25, -0.2) is 18.4 Å². The summed E-state index contributed by atoms with van der Waals surface area (Å²) in [7, 11) is -2.96. The summed E-state index contributed by atoms with van der Waals surface area (Å²) in [5, 5.41) is 2.99. The SMILES string of the molecule is CCc1c(N)ncnc1NCCS(=O)(=O)CC. The second-order valence-corrected chi connectivity index (χ2v) is 6.08. The molecule has 17 heavy (non-hydrogen) atoms. The second-order valence-electron chi connectivity index (χ2n) is 3.60. The van der Waals surface area contributed by atoms with Crippen LogP contribution in [-0.2, 0) is 16.3 Å². The molecule has 1 aromatic rings. The summed E-state index contributed by atoms with van der Waals surface area (Å²) in [5.74, 6) is 1.30. The number of hydrogen-bond donors (Lipinski definition) is 2. The Balaban J connectivity index is 2.67. The maximum absolute atomic E-state index is 11.3. The summed E-state index contributed by atoms with van der Waals surface area (Å²) >= 11 is 0. The molecule has 0 aliphatic carbocycles. The highest BCUT2D eigenvalue weighted by molar-refractivity contribution is 7.91. The van der Waals surface area contributed by atoms with Gasteiger partial charge in [-0.15, -0.1) is 0 Å². The molecule has 0 radical (unpaired) electrons. The highest BCUT2D eigenvalue weighted by atomic mass is 32.2. The average Bonchev–Trinajstić information content (AvgIpc) is 2.29. The predicted molar refractivity (Wildman–Crippen MR) is 68.6 cm³/mol. The average molecular weight is 258 g/mol. The lowest BCUT2D eigenvalue weighted by Gasteiger charge is -2.10. The van der Waals surface area contributed by atoms with E-state index in [1.165, 1.54) is 6.33 Å². The first-order chi connectivity index (χ1) is 8.00. The summed E-state index contributed by atoms with van der Waals surface area (Å²) in [6, 6.07) is 0. The highest BCUT2D eigenvalue weighted by Crippen LogP contribution is 2.17. The van der Waals surface area contributed by atoms with Gasteiger partial charge in [-0.2, -0.15) is 0 Å². The van der Waals surface area contributed by atoms with Crippen molar-refractivity contribution in [2.45, 2.75) is 20.3 Å². The van der Waals surface area contributed by atoms with Crippen LogP contribution in [0.15, 0.2) is 6.33 Å². The van der Waals surface area contributed by atoms with Crippen molar-refractivity contribution in [1.82, 2.24) is 9.97 Å². The fourth-order valence-electron chi connectivity index (χ4n) is 1.40. The molecule has 0 unspecified atom stereocenters.